The van der Waals surface area contributed by atoms with Gasteiger partial charge in [-0.05, 0) is 37.5 Å². The van der Waals surface area contributed by atoms with Gasteiger partial charge < -0.3 is 16.0 Å². The number of imidazole rings is 1. The van der Waals surface area contributed by atoms with Crippen molar-refractivity contribution in [2.24, 2.45) is 5.73 Å². The van der Waals surface area contributed by atoms with Crippen molar-refractivity contribution in [2.75, 3.05) is 6.54 Å². The molecule has 0 atom stereocenters. The van der Waals surface area contributed by atoms with Crippen LogP contribution in [-0.2, 0) is 0 Å². The molecule has 1 aliphatic carbocycles. The number of nitrogens with two attached hydrogens (primary N) is 1. The summed E-state index contributed by atoms with van der Waals surface area (Å²) in [5.74, 6) is -0.0803. The number of nitrogens with zero attached hydrogens (tertiary/aromatic N) is 1. The molecule has 94 valence electrons. The summed E-state index contributed by atoms with van der Waals surface area (Å²) >= 11 is 0. The van der Waals surface area contributed by atoms with Crippen molar-refractivity contribution in [3.8, 4) is 0 Å². The highest BCUT2D eigenvalue weighted by molar-refractivity contribution is 5.97. The van der Waals surface area contributed by atoms with Crippen molar-refractivity contribution < 1.29 is 4.79 Å². The van der Waals surface area contributed by atoms with Crippen LogP contribution < -0.4 is 11.1 Å². The van der Waals surface area contributed by atoms with E-state index in [9.17, 15) is 4.79 Å². The zero-order chi connectivity index (χ0) is 12.6. The number of fused-ring (bicyclic) bond motifs is 1. The lowest BCUT2D eigenvalue weighted by Gasteiger charge is -2.38. The van der Waals surface area contributed by atoms with Crippen molar-refractivity contribution in [1.29, 1.82) is 0 Å². The second-order valence-corrected chi connectivity index (χ2v) is 5.03. The summed E-state index contributed by atoms with van der Waals surface area (Å²) in [7, 11) is 0. The summed E-state index contributed by atoms with van der Waals surface area (Å²) in [4.78, 5) is 19.1. The van der Waals surface area contributed by atoms with E-state index in [1.165, 1.54) is 0 Å². The molecule has 1 aromatic carbocycles. The number of nitrogens with one attached hydrogen (secondary N) is 2. The molecule has 1 aromatic heterocycles. The second-order valence-electron chi connectivity index (χ2n) is 5.03. The normalized spacial score (nSPS) is 17.4. The average Bonchev–Trinajstić information content (AvgIpc) is 2.80. The van der Waals surface area contributed by atoms with E-state index in [0.717, 1.165) is 30.3 Å². The number of H-pyrrole nitrogens is 1. The molecule has 1 fully saturated rings. The molecule has 0 radical (unpaired) electrons. The van der Waals surface area contributed by atoms with Crippen molar-refractivity contribution in [3.05, 3.63) is 30.1 Å². The highest BCUT2D eigenvalue weighted by Crippen LogP contribution is 2.28. The molecule has 1 heterocycles. The van der Waals surface area contributed by atoms with Gasteiger partial charge >= 0.3 is 0 Å². The van der Waals surface area contributed by atoms with Crippen LogP contribution in [0, 0.1) is 0 Å². The molecule has 0 spiro atoms. The zero-order valence-electron chi connectivity index (χ0n) is 10.1. The number of hydrogen-bond donors (Lipinski definition) is 3. The van der Waals surface area contributed by atoms with Gasteiger partial charge in [0.15, 0.2) is 0 Å². The molecule has 1 aliphatic rings. The van der Waals surface area contributed by atoms with Crippen molar-refractivity contribution in [1.82, 2.24) is 15.3 Å². The molecule has 4 N–H and O–H groups in total. The van der Waals surface area contributed by atoms with Crippen LogP contribution in [0.25, 0.3) is 11.0 Å². The Bertz CT molecular complexity index is 585. The van der Waals surface area contributed by atoms with Gasteiger partial charge in [-0.1, -0.05) is 0 Å². The van der Waals surface area contributed by atoms with Gasteiger partial charge in [0.1, 0.15) is 0 Å². The number of aromatic nitrogens is 2. The predicted molar refractivity (Wildman–Crippen MR) is 69.2 cm³/mol. The van der Waals surface area contributed by atoms with E-state index in [1.807, 2.05) is 12.1 Å². The molecule has 5 heteroatoms. The Balaban J connectivity index is 1.71. The molecule has 3 rings (SSSR count). The number of benzene rings is 1. The lowest BCUT2D eigenvalue weighted by molar-refractivity contribution is 0.0930. The van der Waals surface area contributed by atoms with E-state index in [0.29, 0.717) is 12.1 Å². The lowest BCUT2D eigenvalue weighted by atomic mass is 9.78. The monoisotopic (exact) mass is 244 g/mol. The summed E-state index contributed by atoms with van der Waals surface area (Å²) in [6, 6.07) is 5.42. The third kappa shape index (κ3) is 1.97. The molecule has 0 saturated heterocycles. The van der Waals surface area contributed by atoms with Gasteiger partial charge in [-0.3, -0.25) is 4.79 Å². The fourth-order valence-electron chi connectivity index (χ4n) is 2.24. The van der Waals surface area contributed by atoms with E-state index in [1.54, 1.807) is 12.4 Å². The Morgan fingerprint density at radius 1 is 1.50 bits per heavy atom. The van der Waals surface area contributed by atoms with E-state index in [2.05, 4.69) is 15.3 Å². The summed E-state index contributed by atoms with van der Waals surface area (Å²) in [6.45, 7) is 0.548. The molecular weight excluding hydrogens is 228 g/mol. The van der Waals surface area contributed by atoms with Gasteiger partial charge in [0.25, 0.3) is 5.91 Å². The molecule has 5 nitrogen and oxygen atoms in total. The number of carbonyl (C=O) groups is 1. The SMILES string of the molecule is NC1(CNC(=O)c2ccc3nc[nH]c3c2)CCC1. The molecule has 0 bridgehead atoms. The number of rotatable bonds is 3. The van der Waals surface area contributed by atoms with Crippen molar-refractivity contribution >= 4 is 16.9 Å². The maximum absolute atomic E-state index is 12.0. The van der Waals surface area contributed by atoms with Gasteiger partial charge in [0.05, 0.1) is 17.4 Å². The van der Waals surface area contributed by atoms with E-state index >= 15 is 0 Å². The quantitative estimate of drug-likeness (QED) is 0.758. The Labute approximate surface area is 105 Å². The van der Waals surface area contributed by atoms with E-state index < -0.39 is 0 Å². The van der Waals surface area contributed by atoms with Crippen LogP contribution in [0.1, 0.15) is 29.6 Å². The number of aromatic amines is 1. The van der Waals surface area contributed by atoms with Crippen LogP contribution in [0.3, 0.4) is 0 Å². The first kappa shape index (κ1) is 11.2. The number of hydrogen-bond acceptors (Lipinski definition) is 3. The standard InChI is InChI=1S/C13H16N4O/c14-13(4-1-5-13)7-15-12(18)9-2-3-10-11(6-9)17-8-16-10/h2-3,6,8H,1,4-5,7,14H2,(H,15,18)(H,16,17). The van der Waals surface area contributed by atoms with Gasteiger partial charge in [0.2, 0.25) is 0 Å². The first-order valence-corrected chi connectivity index (χ1v) is 6.17. The summed E-state index contributed by atoms with van der Waals surface area (Å²) in [6.07, 6.45) is 4.77. The van der Waals surface area contributed by atoms with Gasteiger partial charge in [0, 0.05) is 17.6 Å². The third-order valence-corrected chi connectivity index (χ3v) is 3.63. The highest BCUT2D eigenvalue weighted by atomic mass is 16.1. The highest BCUT2D eigenvalue weighted by Gasteiger charge is 2.32. The van der Waals surface area contributed by atoms with Crippen LogP contribution in [0.15, 0.2) is 24.5 Å². The molecule has 0 aliphatic heterocycles. The Hall–Kier alpha value is -1.88. The zero-order valence-corrected chi connectivity index (χ0v) is 10.1. The van der Waals surface area contributed by atoms with Crippen molar-refractivity contribution in [3.63, 3.8) is 0 Å². The topological polar surface area (TPSA) is 83.8 Å². The molecule has 1 saturated carbocycles. The Kier molecular flexibility index (Phi) is 2.56. The van der Waals surface area contributed by atoms with Crippen molar-refractivity contribution in [2.45, 2.75) is 24.8 Å². The Morgan fingerprint density at radius 2 is 2.33 bits per heavy atom. The fraction of sp³-hybridized carbons (Fsp3) is 0.385. The molecule has 2 aromatic rings. The average molecular weight is 244 g/mol. The van der Waals surface area contributed by atoms with Crippen LogP contribution in [-0.4, -0.2) is 28.0 Å². The van der Waals surface area contributed by atoms with Gasteiger partial charge in [-0.25, -0.2) is 4.98 Å². The van der Waals surface area contributed by atoms with Crippen LogP contribution >= 0.6 is 0 Å². The maximum atomic E-state index is 12.0. The van der Waals surface area contributed by atoms with Crippen LogP contribution in [0.2, 0.25) is 0 Å². The fourth-order valence-corrected chi connectivity index (χ4v) is 2.24. The summed E-state index contributed by atoms with van der Waals surface area (Å²) in [5.41, 5.74) is 8.25. The largest absolute Gasteiger partial charge is 0.350 e. The molecular formula is C13H16N4O. The lowest BCUT2D eigenvalue weighted by Crippen LogP contribution is -2.54. The van der Waals surface area contributed by atoms with E-state index in [4.69, 9.17) is 5.73 Å². The smallest absolute Gasteiger partial charge is 0.251 e. The van der Waals surface area contributed by atoms with Crippen LogP contribution in [0.5, 0.6) is 0 Å². The summed E-state index contributed by atoms with van der Waals surface area (Å²) in [5, 5.41) is 2.90. The number of amides is 1. The van der Waals surface area contributed by atoms with Gasteiger partial charge in [-0.15, -0.1) is 0 Å². The minimum atomic E-state index is -0.187. The van der Waals surface area contributed by atoms with Crippen LogP contribution in [0.4, 0.5) is 0 Å². The number of carbonyl (C=O) groups excluding carboxylic acids is 1. The molecule has 0 unspecified atom stereocenters. The first-order valence-electron chi connectivity index (χ1n) is 6.17. The second kappa shape index (κ2) is 4.10. The summed E-state index contributed by atoms with van der Waals surface area (Å²) < 4.78 is 0. The first-order chi connectivity index (χ1) is 8.66. The molecule has 18 heavy (non-hydrogen) atoms. The predicted octanol–water partition coefficient (Wildman–Crippen LogP) is 1.17. The molecule has 1 amide bonds. The minimum absolute atomic E-state index is 0.0803. The third-order valence-electron chi connectivity index (χ3n) is 3.63. The van der Waals surface area contributed by atoms with E-state index in [-0.39, 0.29) is 11.4 Å². The maximum Gasteiger partial charge on any atom is 0.251 e. The van der Waals surface area contributed by atoms with Gasteiger partial charge in [-0.2, -0.15) is 0 Å². The Morgan fingerprint density at radius 3 is 3.06 bits per heavy atom. The minimum Gasteiger partial charge on any atom is -0.350 e.